The number of rotatable bonds is 5. The van der Waals surface area contributed by atoms with Crippen LogP contribution < -0.4 is 16.4 Å². The Morgan fingerprint density at radius 1 is 1.35 bits per heavy atom. The van der Waals surface area contributed by atoms with Crippen LogP contribution in [0.25, 0.3) is 0 Å². The summed E-state index contributed by atoms with van der Waals surface area (Å²) in [5, 5.41) is 0. The van der Waals surface area contributed by atoms with Crippen molar-refractivity contribution in [3.63, 3.8) is 0 Å². The lowest BCUT2D eigenvalue weighted by Gasteiger charge is -2.21. The van der Waals surface area contributed by atoms with E-state index in [-0.39, 0.29) is 13.1 Å². The number of halogens is 1. The van der Waals surface area contributed by atoms with Crippen molar-refractivity contribution in [3.05, 3.63) is 22.3 Å². The predicted octanol–water partition coefficient (Wildman–Crippen LogP) is -0.0705. The van der Waals surface area contributed by atoms with Gasteiger partial charge in [-0.3, -0.25) is 9.59 Å². The number of pyridine rings is 1. The monoisotopic (exact) mass is 300 g/mol. The number of nitrogens with two attached hydrogens (primary N) is 2. The van der Waals surface area contributed by atoms with E-state index in [4.69, 9.17) is 11.5 Å². The van der Waals surface area contributed by atoms with Gasteiger partial charge in [0.2, 0.25) is 11.8 Å². The van der Waals surface area contributed by atoms with Crippen LogP contribution in [0, 0.1) is 6.92 Å². The highest BCUT2D eigenvalue weighted by molar-refractivity contribution is 9.10. The van der Waals surface area contributed by atoms with Gasteiger partial charge in [0.1, 0.15) is 5.82 Å². The first kappa shape index (κ1) is 13.4. The maximum absolute atomic E-state index is 10.9. The van der Waals surface area contributed by atoms with Gasteiger partial charge in [-0.2, -0.15) is 0 Å². The fourth-order valence-corrected chi connectivity index (χ4v) is 2.06. The minimum Gasteiger partial charge on any atom is -0.368 e. The Bertz CT molecular complexity index is 434. The quantitative estimate of drug-likeness (QED) is 0.794. The summed E-state index contributed by atoms with van der Waals surface area (Å²) in [6, 6.07) is 1.83. The van der Waals surface area contributed by atoms with E-state index in [1.54, 1.807) is 6.20 Å². The number of hydrogen-bond donors (Lipinski definition) is 2. The maximum Gasteiger partial charge on any atom is 0.237 e. The Kier molecular flexibility index (Phi) is 4.45. The van der Waals surface area contributed by atoms with Gasteiger partial charge in [0.15, 0.2) is 0 Å². The van der Waals surface area contributed by atoms with E-state index in [2.05, 4.69) is 20.9 Å². The molecule has 1 aromatic rings. The molecule has 1 rings (SSSR count). The predicted molar refractivity (Wildman–Crippen MR) is 67.3 cm³/mol. The molecule has 0 spiro atoms. The fourth-order valence-electron chi connectivity index (χ4n) is 1.34. The van der Waals surface area contributed by atoms with Crippen molar-refractivity contribution >= 4 is 33.6 Å². The molecule has 4 N–H and O–H groups in total. The molecule has 0 saturated carbocycles. The molecule has 0 aliphatic rings. The van der Waals surface area contributed by atoms with Crippen molar-refractivity contribution in [2.45, 2.75) is 6.92 Å². The van der Waals surface area contributed by atoms with Crippen LogP contribution in [0.15, 0.2) is 16.7 Å². The summed E-state index contributed by atoms with van der Waals surface area (Å²) in [7, 11) is 0. The summed E-state index contributed by atoms with van der Waals surface area (Å²) in [6.45, 7) is 1.66. The Labute approximate surface area is 107 Å². The molecule has 0 fully saturated rings. The first-order valence-electron chi connectivity index (χ1n) is 4.84. The van der Waals surface area contributed by atoms with Gasteiger partial charge in [0, 0.05) is 6.20 Å². The molecule has 0 aliphatic carbocycles. The highest BCUT2D eigenvalue weighted by Gasteiger charge is 2.16. The zero-order chi connectivity index (χ0) is 13.0. The molecular formula is C10H13BrN4O2. The van der Waals surface area contributed by atoms with E-state index < -0.39 is 11.8 Å². The number of carbonyl (C=O) groups excluding carboxylic acids is 2. The van der Waals surface area contributed by atoms with Gasteiger partial charge in [0.25, 0.3) is 0 Å². The average Bonchev–Trinajstić information content (AvgIpc) is 2.14. The molecule has 0 radical (unpaired) electrons. The molecule has 0 aliphatic heterocycles. The third kappa shape index (κ3) is 4.03. The molecule has 0 unspecified atom stereocenters. The smallest absolute Gasteiger partial charge is 0.237 e. The number of amides is 2. The van der Waals surface area contributed by atoms with Crippen LogP contribution in [0.1, 0.15) is 5.56 Å². The van der Waals surface area contributed by atoms with Crippen LogP contribution in [0.2, 0.25) is 0 Å². The number of aryl methyl sites for hydroxylation is 1. The summed E-state index contributed by atoms with van der Waals surface area (Å²) >= 11 is 3.32. The van der Waals surface area contributed by atoms with Gasteiger partial charge >= 0.3 is 0 Å². The summed E-state index contributed by atoms with van der Waals surface area (Å²) in [5.74, 6) is -0.644. The molecule has 17 heavy (non-hydrogen) atoms. The van der Waals surface area contributed by atoms with Crippen LogP contribution >= 0.6 is 15.9 Å². The van der Waals surface area contributed by atoms with Crippen LogP contribution in [-0.2, 0) is 9.59 Å². The highest BCUT2D eigenvalue weighted by atomic mass is 79.9. The van der Waals surface area contributed by atoms with E-state index in [0.717, 1.165) is 5.56 Å². The van der Waals surface area contributed by atoms with E-state index in [1.165, 1.54) is 4.90 Å². The van der Waals surface area contributed by atoms with Crippen molar-refractivity contribution in [3.8, 4) is 0 Å². The molecule has 1 heterocycles. The lowest BCUT2D eigenvalue weighted by Crippen LogP contribution is -2.40. The van der Waals surface area contributed by atoms with E-state index in [0.29, 0.717) is 10.3 Å². The molecule has 7 heteroatoms. The Hall–Kier alpha value is -1.63. The number of aromatic nitrogens is 1. The van der Waals surface area contributed by atoms with Crippen LogP contribution in [0.3, 0.4) is 0 Å². The second kappa shape index (κ2) is 5.62. The molecule has 0 aromatic carbocycles. The molecule has 6 nitrogen and oxygen atoms in total. The second-order valence-electron chi connectivity index (χ2n) is 3.61. The average molecular weight is 301 g/mol. The fraction of sp³-hybridized carbons (Fsp3) is 0.300. The van der Waals surface area contributed by atoms with Gasteiger partial charge in [0.05, 0.1) is 17.6 Å². The summed E-state index contributed by atoms with van der Waals surface area (Å²) in [4.78, 5) is 27.4. The molecule has 0 atom stereocenters. The maximum atomic E-state index is 10.9. The largest absolute Gasteiger partial charge is 0.368 e. The van der Waals surface area contributed by atoms with Crippen LogP contribution in [0.4, 0.5) is 5.82 Å². The Balaban J connectivity index is 3.02. The molecule has 0 bridgehead atoms. The highest BCUT2D eigenvalue weighted by Crippen LogP contribution is 2.24. The number of carbonyl (C=O) groups is 2. The summed E-state index contributed by atoms with van der Waals surface area (Å²) in [6.07, 6.45) is 1.63. The van der Waals surface area contributed by atoms with Gasteiger partial charge in [-0.25, -0.2) is 4.98 Å². The lowest BCUT2D eigenvalue weighted by atomic mass is 10.3. The first-order valence-corrected chi connectivity index (χ1v) is 5.63. The minimum atomic E-state index is -0.555. The van der Waals surface area contributed by atoms with E-state index in [9.17, 15) is 9.59 Å². The number of nitrogens with zero attached hydrogens (tertiary/aromatic N) is 2. The number of primary amides is 2. The third-order valence-electron chi connectivity index (χ3n) is 1.95. The second-order valence-corrected chi connectivity index (χ2v) is 4.46. The first-order chi connectivity index (χ1) is 7.90. The van der Waals surface area contributed by atoms with Gasteiger partial charge in [-0.15, -0.1) is 0 Å². The zero-order valence-electron chi connectivity index (χ0n) is 9.31. The van der Waals surface area contributed by atoms with E-state index in [1.807, 2.05) is 13.0 Å². The van der Waals surface area contributed by atoms with Crippen molar-refractivity contribution < 1.29 is 9.59 Å². The van der Waals surface area contributed by atoms with Gasteiger partial charge in [-0.05, 0) is 34.5 Å². The van der Waals surface area contributed by atoms with Crippen LogP contribution in [0.5, 0.6) is 0 Å². The van der Waals surface area contributed by atoms with Crippen LogP contribution in [-0.4, -0.2) is 29.9 Å². The Morgan fingerprint density at radius 3 is 2.29 bits per heavy atom. The lowest BCUT2D eigenvalue weighted by molar-refractivity contribution is -0.117. The molecule has 0 saturated heterocycles. The van der Waals surface area contributed by atoms with Crippen molar-refractivity contribution in [1.82, 2.24) is 4.98 Å². The van der Waals surface area contributed by atoms with Gasteiger partial charge < -0.3 is 16.4 Å². The van der Waals surface area contributed by atoms with E-state index >= 15 is 0 Å². The number of hydrogen-bond acceptors (Lipinski definition) is 4. The zero-order valence-corrected chi connectivity index (χ0v) is 10.9. The molecule has 2 amide bonds. The summed E-state index contributed by atoms with van der Waals surface area (Å²) < 4.78 is 0.681. The normalized spacial score (nSPS) is 10.0. The Morgan fingerprint density at radius 2 is 1.88 bits per heavy atom. The van der Waals surface area contributed by atoms with Crippen molar-refractivity contribution in [1.29, 1.82) is 0 Å². The SMILES string of the molecule is Cc1cnc(N(CC(N)=O)CC(N)=O)c(Br)c1. The minimum absolute atomic E-state index is 0.113. The molecule has 92 valence electrons. The van der Waals surface area contributed by atoms with Crippen molar-refractivity contribution in [2.24, 2.45) is 11.5 Å². The van der Waals surface area contributed by atoms with Gasteiger partial charge in [-0.1, -0.05) is 0 Å². The topological polar surface area (TPSA) is 102 Å². The molecular weight excluding hydrogens is 288 g/mol. The standard InChI is InChI=1S/C10H13BrN4O2/c1-6-2-7(11)10(14-3-6)15(4-8(12)16)5-9(13)17/h2-3H,4-5H2,1H3,(H2,12,16)(H2,13,17). The molecule has 1 aromatic heterocycles. The summed E-state index contributed by atoms with van der Waals surface area (Å²) in [5.41, 5.74) is 11.2. The van der Waals surface area contributed by atoms with Crippen molar-refractivity contribution in [2.75, 3.05) is 18.0 Å². The third-order valence-corrected chi connectivity index (χ3v) is 2.53. The number of anilines is 1.